The molecule has 0 saturated heterocycles. The van der Waals surface area contributed by atoms with Gasteiger partial charge in [-0.2, -0.15) is 0 Å². The number of nitro groups is 1. The van der Waals surface area contributed by atoms with Crippen molar-refractivity contribution in [3.05, 3.63) is 81.4 Å². The fourth-order valence-corrected chi connectivity index (χ4v) is 3.38. The summed E-state index contributed by atoms with van der Waals surface area (Å²) < 4.78 is 33.8. The molecule has 10 nitrogen and oxygen atoms in total. The topological polar surface area (TPSA) is 151 Å². The molecule has 0 aliphatic heterocycles. The van der Waals surface area contributed by atoms with Crippen LogP contribution in [0, 0.1) is 10.1 Å². The molecule has 0 radical (unpaired) electrons. The summed E-state index contributed by atoms with van der Waals surface area (Å²) in [7, 11) is -2.61. The number of hydrogen-bond acceptors (Lipinski definition) is 7. The highest BCUT2D eigenvalue weighted by molar-refractivity contribution is 7.89. The molecule has 0 atom stereocenters. The molecule has 3 aromatic rings. The van der Waals surface area contributed by atoms with E-state index < -0.39 is 20.9 Å². The van der Waals surface area contributed by atoms with E-state index in [4.69, 9.17) is 26.2 Å². The molecule has 0 unspecified atom stereocenters. The third kappa shape index (κ3) is 5.32. The zero-order valence-corrected chi connectivity index (χ0v) is 18.0. The Kier molecular flexibility index (Phi) is 6.63. The van der Waals surface area contributed by atoms with Gasteiger partial charge in [0.05, 0.1) is 22.6 Å². The van der Waals surface area contributed by atoms with E-state index in [1.807, 2.05) is 0 Å². The lowest BCUT2D eigenvalue weighted by molar-refractivity contribution is -0.385. The average Bonchev–Trinajstić information content (AvgIpc) is 2.74. The van der Waals surface area contributed by atoms with Crippen LogP contribution in [-0.4, -0.2) is 26.4 Å². The lowest BCUT2D eigenvalue weighted by Gasteiger charge is -2.12. The molecule has 0 heterocycles. The van der Waals surface area contributed by atoms with Gasteiger partial charge in [-0.15, -0.1) is 0 Å². The summed E-state index contributed by atoms with van der Waals surface area (Å²) in [5.41, 5.74) is 0.0216. The smallest absolute Gasteiger partial charge is 0.313 e. The average molecular weight is 478 g/mol. The Morgan fingerprint density at radius 2 is 1.72 bits per heavy atom. The van der Waals surface area contributed by atoms with Gasteiger partial charge in [0.1, 0.15) is 11.5 Å². The number of nitro benzene ring substituents is 1. The third-order valence-electron chi connectivity index (χ3n) is 4.21. The van der Waals surface area contributed by atoms with Gasteiger partial charge in [0.2, 0.25) is 15.8 Å². The number of sulfonamides is 1. The molecule has 0 spiro atoms. The number of primary sulfonamides is 1. The molecular weight excluding hydrogens is 462 g/mol. The van der Waals surface area contributed by atoms with Crippen LogP contribution in [0.15, 0.2) is 65.6 Å². The van der Waals surface area contributed by atoms with Crippen LogP contribution in [0.25, 0.3) is 0 Å². The van der Waals surface area contributed by atoms with Crippen molar-refractivity contribution >= 4 is 38.9 Å². The van der Waals surface area contributed by atoms with Crippen molar-refractivity contribution in [2.75, 3.05) is 12.4 Å². The molecule has 0 fully saturated rings. The fraction of sp³-hybridized carbons (Fsp3) is 0.0500. The van der Waals surface area contributed by atoms with Crippen molar-refractivity contribution in [3.8, 4) is 17.2 Å². The van der Waals surface area contributed by atoms with Crippen molar-refractivity contribution in [1.82, 2.24) is 0 Å². The van der Waals surface area contributed by atoms with Crippen molar-refractivity contribution in [1.29, 1.82) is 0 Å². The quantitative estimate of drug-likeness (QED) is 0.386. The first-order valence-corrected chi connectivity index (χ1v) is 10.7. The van der Waals surface area contributed by atoms with Gasteiger partial charge < -0.3 is 14.8 Å². The number of methoxy groups -OCH3 is 1. The number of rotatable bonds is 7. The summed E-state index contributed by atoms with van der Waals surface area (Å²) in [6.45, 7) is 0. The second-order valence-corrected chi connectivity index (χ2v) is 8.35. The minimum atomic E-state index is -3.98. The van der Waals surface area contributed by atoms with Gasteiger partial charge in [-0.1, -0.05) is 11.6 Å². The largest absolute Gasteiger partial charge is 0.495 e. The van der Waals surface area contributed by atoms with Gasteiger partial charge in [0.15, 0.2) is 0 Å². The Labute approximate surface area is 187 Å². The summed E-state index contributed by atoms with van der Waals surface area (Å²) >= 11 is 5.79. The molecule has 1 amide bonds. The van der Waals surface area contributed by atoms with E-state index in [9.17, 15) is 23.3 Å². The summed E-state index contributed by atoms with van der Waals surface area (Å²) in [5, 5.41) is 19.1. The normalized spacial score (nSPS) is 11.0. The van der Waals surface area contributed by atoms with E-state index in [1.54, 1.807) is 0 Å². The highest BCUT2D eigenvalue weighted by atomic mass is 35.5. The number of carbonyl (C=O) groups excluding carboxylic acids is 1. The lowest BCUT2D eigenvalue weighted by atomic mass is 10.2. The second-order valence-electron chi connectivity index (χ2n) is 6.36. The SMILES string of the molecule is COc1ccc(S(N)(=O)=O)cc1NC(=O)c1ccc(Oc2ccc(Cl)cc2[N+](=O)[O-])cc1. The van der Waals surface area contributed by atoms with Gasteiger partial charge in [-0.05, 0) is 54.6 Å². The van der Waals surface area contributed by atoms with Crippen LogP contribution in [0.1, 0.15) is 10.4 Å². The minimum absolute atomic E-state index is 0.0128. The van der Waals surface area contributed by atoms with Crippen molar-refractivity contribution in [3.63, 3.8) is 0 Å². The zero-order valence-electron chi connectivity index (χ0n) is 16.4. The molecule has 3 rings (SSSR count). The molecule has 166 valence electrons. The number of hydrogen-bond donors (Lipinski definition) is 2. The highest BCUT2D eigenvalue weighted by Crippen LogP contribution is 2.34. The van der Waals surface area contributed by atoms with Crippen molar-refractivity contribution < 1.29 is 27.6 Å². The number of ether oxygens (including phenoxy) is 2. The summed E-state index contributed by atoms with van der Waals surface area (Å²) in [4.78, 5) is 23.0. The Bertz CT molecular complexity index is 1300. The number of amides is 1. The van der Waals surface area contributed by atoms with Crippen LogP contribution in [0.5, 0.6) is 17.2 Å². The van der Waals surface area contributed by atoms with Crippen molar-refractivity contribution in [2.24, 2.45) is 5.14 Å². The van der Waals surface area contributed by atoms with Gasteiger partial charge in [0.25, 0.3) is 5.91 Å². The molecule has 12 heteroatoms. The first-order valence-electron chi connectivity index (χ1n) is 8.82. The number of nitrogens with two attached hydrogens (primary N) is 1. The van der Waals surface area contributed by atoms with Crippen molar-refractivity contribution in [2.45, 2.75) is 4.90 Å². The summed E-state index contributed by atoms with van der Waals surface area (Å²) in [6.07, 6.45) is 0. The Morgan fingerprint density at radius 3 is 2.31 bits per heavy atom. The number of nitrogens with one attached hydrogen (secondary N) is 1. The van der Waals surface area contributed by atoms with Crippen LogP contribution in [0.2, 0.25) is 5.02 Å². The molecule has 0 aliphatic rings. The molecule has 0 aliphatic carbocycles. The first kappa shape index (κ1) is 23.0. The molecule has 32 heavy (non-hydrogen) atoms. The Hall–Kier alpha value is -3.67. The van der Waals surface area contributed by atoms with Gasteiger partial charge >= 0.3 is 5.69 Å². The van der Waals surface area contributed by atoms with Crippen LogP contribution < -0.4 is 19.9 Å². The van der Waals surface area contributed by atoms with E-state index in [-0.39, 0.29) is 44.1 Å². The number of carbonyl (C=O) groups is 1. The number of halogens is 1. The van der Waals surface area contributed by atoms with E-state index in [2.05, 4.69) is 5.32 Å². The minimum Gasteiger partial charge on any atom is -0.495 e. The Morgan fingerprint density at radius 1 is 1.06 bits per heavy atom. The van der Waals surface area contributed by atoms with E-state index in [1.165, 1.54) is 67.8 Å². The maximum absolute atomic E-state index is 12.6. The Balaban J connectivity index is 1.80. The molecule has 0 aromatic heterocycles. The first-order chi connectivity index (χ1) is 15.1. The maximum Gasteiger partial charge on any atom is 0.313 e. The fourth-order valence-electron chi connectivity index (χ4n) is 2.68. The third-order valence-corrected chi connectivity index (χ3v) is 5.36. The summed E-state index contributed by atoms with van der Waals surface area (Å²) in [5.74, 6) is -0.0819. The monoisotopic (exact) mass is 477 g/mol. The van der Waals surface area contributed by atoms with Crippen LogP contribution >= 0.6 is 11.6 Å². The number of nitrogens with zero attached hydrogens (tertiary/aromatic N) is 1. The lowest BCUT2D eigenvalue weighted by Crippen LogP contribution is -2.15. The number of benzene rings is 3. The van der Waals surface area contributed by atoms with Crippen LogP contribution in [0.3, 0.4) is 0 Å². The predicted octanol–water partition coefficient (Wildman–Crippen LogP) is 3.95. The van der Waals surface area contributed by atoms with Crippen LogP contribution in [-0.2, 0) is 10.0 Å². The van der Waals surface area contributed by atoms with E-state index in [0.717, 1.165) is 0 Å². The molecular formula is C20H16ClN3O7S. The molecule has 3 aromatic carbocycles. The number of anilines is 1. The zero-order chi connectivity index (χ0) is 23.5. The van der Waals surface area contributed by atoms with Crippen LogP contribution in [0.4, 0.5) is 11.4 Å². The van der Waals surface area contributed by atoms with Gasteiger partial charge in [0, 0.05) is 16.7 Å². The van der Waals surface area contributed by atoms with E-state index in [0.29, 0.717) is 0 Å². The maximum atomic E-state index is 12.6. The summed E-state index contributed by atoms with van der Waals surface area (Å²) in [6, 6.07) is 13.6. The second kappa shape index (κ2) is 9.22. The highest BCUT2D eigenvalue weighted by Gasteiger charge is 2.18. The molecule has 0 bridgehead atoms. The standard InChI is InChI=1S/C20H16ClN3O7S/c1-30-18-9-7-15(32(22,28)29)11-16(18)23-20(25)12-2-5-14(6-3-12)31-19-8-4-13(21)10-17(19)24(26)27/h2-11H,1H3,(H,23,25)(H2,22,28,29). The molecule has 3 N–H and O–H groups in total. The predicted molar refractivity (Wildman–Crippen MR) is 117 cm³/mol. The van der Waals surface area contributed by atoms with E-state index >= 15 is 0 Å². The van der Waals surface area contributed by atoms with Gasteiger partial charge in [-0.3, -0.25) is 14.9 Å². The molecule has 0 saturated carbocycles. The van der Waals surface area contributed by atoms with Gasteiger partial charge in [-0.25, -0.2) is 13.6 Å².